The largest absolute Gasteiger partial charge is 0.413 e. The molecular weight excluding hydrogens is 248 g/mol. The van der Waals surface area contributed by atoms with E-state index in [0.29, 0.717) is 0 Å². The maximum atomic E-state index is 6.18. The van der Waals surface area contributed by atoms with Gasteiger partial charge in [0.05, 0.1) is 6.61 Å². The molecule has 19 heavy (non-hydrogen) atoms. The molecule has 1 rings (SSSR count). The Morgan fingerprint density at radius 1 is 0.895 bits per heavy atom. The fraction of sp³-hybridized carbons (Fsp3) is 0.647. The molecule has 0 aliphatic heterocycles. The van der Waals surface area contributed by atoms with Gasteiger partial charge < -0.3 is 4.43 Å². The molecule has 1 aromatic carbocycles. The lowest BCUT2D eigenvalue weighted by molar-refractivity contribution is 0.293. The van der Waals surface area contributed by atoms with Crippen LogP contribution in [0.15, 0.2) is 30.3 Å². The first-order valence-corrected chi connectivity index (χ1v) is 10.9. The Bertz CT molecular complexity index is 321. The highest BCUT2D eigenvalue weighted by atomic mass is 28.4. The lowest BCUT2D eigenvalue weighted by Gasteiger charge is -2.23. The Kier molecular flexibility index (Phi) is 8.07. The second-order valence-corrected chi connectivity index (χ2v) is 10.4. The fourth-order valence-electron chi connectivity index (χ4n) is 2.26. The van der Waals surface area contributed by atoms with Crippen LogP contribution in [-0.4, -0.2) is 8.32 Å². The second kappa shape index (κ2) is 9.32. The molecule has 0 atom stereocenters. The predicted octanol–water partition coefficient (Wildman–Crippen LogP) is 5.77. The highest BCUT2D eigenvalue weighted by Gasteiger charge is 2.21. The minimum atomic E-state index is -1.45. The first-order valence-electron chi connectivity index (χ1n) is 7.82. The van der Waals surface area contributed by atoms with E-state index in [9.17, 15) is 0 Å². The SMILES string of the molecule is CCCCCCCC[Si](C)(C)OCc1ccccc1. The summed E-state index contributed by atoms with van der Waals surface area (Å²) in [6.45, 7) is 7.76. The van der Waals surface area contributed by atoms with Crippen molar-refractivity contribution in [3.05, 3.63) is 35.9 Å². The third-order valence-electron chi connectivity index (χ3n) is 3.60. The fourth-order valence-corrected chi connectivity index (χ4v) is 4.06. The highest BCUT2D eigenvalue weighted by Crippen LogP contribution is 2.19. The molecule has 0 aliphatic rings. The molecule has 0 fully saturated rings. The van der Waals surface area contributed by atoms with Crippen LogP contribution in [0.2, 0.25) is 19.1 Å². The van der Waals surface area contributed by atoms with E-state index < -0.39 is 8.32 Å². The van der Waals surface area contributed by atoms with Crippen LogP contribution in [0.1, 0.15) is 51.0 Å². The first-order chi connectivity index (χ1) is 9.14. The maximum absolute atomic E-state index is 6.18. The number of rotatable bonds is 10. The number of hydrogen-bond acceptors (Lipinski definition) is 1. The van der Waals surface area contributed by atoms with Gasteiger partial charge in [-0.3, -0.25) is 0 Å². The van der Waals surface area contributed by atoms with Crippen molar-refractivity contribution >= 4 is 8.32 Å². The van der Waals surface area contributed by atoms with Crippen molar-refractivity contribution in [3.63, 3.8) is 0 Å². The van der Waals surface area contributed by atoms with Crippen LogP contribution in [0.5, 0.6) is 0 Å². The molecule has 0 saturated carbocycles. The molecule has 0 unspecified atom stereocenters. The smallest absolute Gasteiger partial charge is 0.187 e. The van der Waals surface area contributed by atoms with Gasteiger partial charge in [-0.25, -0.2) is 0 Å². The Balaban J connectivity index is 2.13. The van der Waals surface area contributed by atoms with E-state index in [4.69, 9.17) is 4.43 Å². The van der Waals surface area contributed by atoms with Gasteiger partial charge in [-0.15, -0.1) is 0 Å². The van der Waals surface area contributed by atoms with Gasteiger partial charge in [0.2, 0.25) is 0 Å². The molecule has 0 heterocycles. The molecule has 0 amide bonds. The zero-order chi connectivity index (χ0) is 14.0. The van der Waals surface area contributed by atoms with Crippen LogP contribution in [0, 0.1) is 0 Å². The standard InChI is InChI=1S/C17H30OSi/c1-4-5-6-7-8-12-15-19(2,3)18-16-17-13-10-9-11-14-17/h9-11,13-14H,4-8,12,15-16H2,1-3H3. The molecule has 108 valence electrons. The van der Waals surface area contributed by atoms with E-state index >= 15 is 0 Å². The van der Waals surface area contributed by atoms with Gasteiger partial charge in [0.1, 0.15) is 0 Å². The van der Waals surface area contributed by atoms with Gasteiger partial charge >= 0.3 is 0 Å². The summed E-state index contributed by atoms with van der Waals surface area (Å²) in [5.41, 5.74) is 1.30. The molecule has 1 aromatic rings. The van der Waals surface area contributed by atoms with E-state index in [-0.39, 0.29) is 0 Å². The van der Waals surface area contributed by atoms with E-state index in [1.165, 1.54) is 50.1 Å². The summed E-state index contributed by atoms with van der Waals surface area (Å²) in [7, 11) is -1.45. The molecule has 2 heteroatoms. The molecule has 0 saturated heterocycles. The van der Waals surface area contributed by atoms with E-state index in [1.54, 1.807) is 0 Å². The van der Waals surface area contributed by atoms with Crippen molar-refractivity contribution in [1.29, 1.82) is 0 Å². The zero-order valence-electron chi connectivity index (χ0n) is 13.0. The average Bonchev–Trinajstić information content (AvgIpc) is 2.42. The monoisotopic (exact) mass is 278 g/mol. The summed E-state index contributed by atoms with van der Waals surface area (Å²) in [5.74, 6) is 0. The van der Waals surface area contributed by atoms with Crippen LogP contribution in [0.3, 0.4) is 0 Å². The molecule has 1 nitrogen and oxygen atoms in total. The summed E-state index contributed by atoms with van der Waals surface area (Å²) in [5, 5.41) is 0. The van der Waals surface area contributed by atoms with Gasteiger partial charge in [-0.1, -0.05) is 75.8 Å². The lowest BCUT2D eigenvalue weighted by Crippen LogP contribution is -2.29. The molecule has 0 bridgehead atoms. The molecule has 0 N–H and O–H groups in total. The highest BCUT2D eigenvalue weighted by molar-refractivity contribution is 6.71. The second-order valence-electron chi connectivity index (χ2n) is 6.05. The van der Waals surface area contributed by atoms with Crippen LogP contribution in [0.4, 0.5) is 0 Å². The van der Waals surface area contributed by atoms with Crippen molar-refractivity contribution in [3.8, 4) is 0 Å². The summed E-state index contributed by atoms with van der Waals surface area (Å²) >= 11 is 0. The van der Waals surface area contributed by atoms with E-state index in [1.807, 2.05) is 0 Å². The maximum Gasteiger partial charge on any atom is 0.187 e. The van der Waals surface area contributed by atoms with E-state index in [0.717, 1.165) is 6.61 Å². The van der Waals surface area contributed by atoms with Crippen molar-refractivity contribution in [2.45, 2.75) is 71.2 Å². The summed E-state index contributed by atoms with van der Waals surface area (Å²) in [4.78, 5) is 0. The van der Waals surface area contributed by atoms with E-state index in [2.05, 4.69) is 50.3 Å². The van der Waals surface area contributed by atoms with Crippen molar-refractivity contribution in [2.24, 2.45) is 0 Å². The van der Waals surface area contributed by atoms with Crippen LogP contribution < -0.4 is 0 Å². The van der Waals surface area contributed by atoms with Gasteiger partial charge in [0.15, 0.2) is 8.32 Å². The summed E-state index contributed by atoms with van der Waals surface area (Å²) in [6.07, 6.45) is 8.26. The Hall–Kier alpha value is -0.603. The first kappa shape index (κ1) is 16.5. The molecular formula is C17H30OSi. The predicted molar refractivity (Wildman–Crippen MR) is 86.9 cm³/mol. The minimum absolute atomic E-state index is 0.788. The summed E-state index contributed by atoms with van der Waals surface area (Å²) < 4.78 is 6.18. The Labute approximate surface area is 120 Å². The third kappa shape index (κ3) is 8.22. The molecule has 0 aromatic heterocycles. The average molecular weight is 279 g/mol. The third-order valence-corrected chi connectivity index (χ3v) is 6.09. The summed E-state index contributed by atoms with van der Waals surface area (Å²) in [6, 6.07) is 11.8. The van der Waals surface area contributed by atoms with Crippen molar-refractivity contribution < 1.29 is 4.43 Å². The molecule has 0 spiro atoms. The number of hydrogen-bond donors (Lipinski definition) is 0. The number of unbranched alkanes of at least 4 members (excludes halogenated alkanes) is 5. The minimum Gasteiger partial charge on any atom is -0.413 e. The van der Waals surface area contributed by atoms with Gasteiger partial charge in [0, 0.05) is 0 Å². The molecule has 0 radical (unpaired) electrons. The van der Waals surface area contributed by atoms with Crippen molar-refractivity contribution in [1.82, 2.24) is 0 Å². The Morgan fingerprint density at radius 2 is 1.53 bits per heavy atom. The number of benzene rings is 1. The zero-order valence-corrected chi connectivity index (χ0v) is 14.0. The van der Waals surface area contributed by atoms with Gasteiger partial charge in [-0.05, 0) is 24.7 Å². The Morgan fingerprint density at radius 3 is 2.21 bits per heavy atom. The topological polar surface area (TPSA) is 9.23 Å². The van der Waals surface area contributed by atoms with Gasteiger partial charge in [-0.2, -0.15) is 0 Å². The van der Waals surface area contributed by atoms with Gasteiger partial charge in [0.25, 0.3) is 0 Å². The lowest BCUT2D eigenvalue weighted by atomic mass is 10.1. The van der Waals surface area contributed by atoms with Crippen LogP contribution in [-0.2, 0) is 11.0 Å². The van der Waals surface area contributed by atoms with Crippen LogP contribution in [0.25, 0.3) is 0 Å². The molecule has 0 aliphatic carbocycles. The van der Waals surface area contributed by atoms with Crippen molar-refractivity contribution in [2.75, 3.05) is 0 Å². The quantitative estimate of drug-likeness (QED) is 0.390. The normalized spacial score (nSPS) is 11.7. The van der Waals surface area contributed by atoms with Crippen LogP contribution >= 0.6 is 0 Å².